The Morgan fingerprint density at radius 3 is 2.44 bits per heavy atom. The Kier molecular flexibility index (Phi) is 7.16. The van der Waals surface area contributed by atoms with Crippen molar-refractivity contribution in [2.45, 2.75) is 40.0 Å². The topological polar surface area (TPSA) is 88.8 Å². The van der Waals surface area contributed by atoms with Gasteiger partial charge in [0, 0.05) is 37.3 Å². The molecule has 0 aliphatic carbocycles. The largest absolute Gasteiger partial charge is 0.491 e. The van der Waals surface area contributed by atoms with Crippen LogP contribution < -0.4 is 15.4 Å². The lowest BCUT2D eigenvalue weighted by Crippen LogP contribution is -2.36. The summed E-state index contributed by atoms with van der Waals surface area (Å²) in [7, 11) is 1.66. The molecule has 144 valence electrons. The monoisotopic (exact) mass is 370 g/mol. The van der Waals surface area contributed by atoms with Gasteiger partial charge in [0.15, 0.2) is 5.96 Å². The molecule has 0 spiro atoms. The lowest BCUT2D eigenvalue weighted by Gasteiger charge is -2.17. The van der Waals surface area contributed by atoms with Gasteiger partial charge in [-0.1, -0.05) is 30.3 Å². The van der Waals surface area contributed by atoms with Crippen LogP contribution in [0.15, 0.2) is 47.5 Å². The number of rotatable bonds is 7. The van der Waals surface area contributed by atoms with Crippen LogP contribution in [0.3, 0.4) is 0 Å². The molecule has 2 rings (SSSR count). The van der Waals surface area contributed by atoms with Gasteiger partial charge in [-0.2, -0.15) is 0 Å². The summed E-state index contributed by atoms with van der Waals surface area (Å²) in [6.07, 6.45) is 0.0848. The standard InChI is InChI=1S/C20H26N4O3/c1-14(2)27-19-11-15(3)9-10-17(19)13-23-20(21-4)22-12-16-7-5-6-8-18(16)24(25)26/h5-11,14H,12-13H2,1-4H3,(H2,21,22,23). The van der Waals surface area contributed by atoms with E-state index in [1.807, 2.05) is 39.0 Å². The molecule has 0 amide bonds. The summed E-state index contributed by atoms with van der Waals surface area (Å²) in [6.45, 7) is 6.84. The highest BCUT2D eigenvalue weighted by molar-refractivity contribution is 5.79. The third-order valence-electron chi connectivity index (χ3n) is 3.89. The van der Waals surface area contributed by atoms with Crippen LogP contribution in [0.2, 0.25) is 0 Å². The summed E-state index contributed by atoms with van der Waals surface area (Å²) >= 11 is 0. The van der Waals surface area contributed by atoms with Gasteiger partial charge >= 0.3 is 0 Å². The molecule has 0 saturated heterocycles. The van der Waals surface area contributed by atoms with E-state index in [4.69, 9.17) is 4.74 Å². The van der Waals surface area contributed by atoms with E-state index in [1.165, 1.54) is 6.07 Å². The van der Waals surface area contributed by atoms with Crippen molar-refractivity contribution >= 4 is 11.6 Å². The minimum absolute atomic E-state index is 0.0848. The van der Waals surface area contributed by atoms with Crippen LogP contribution in [0.4, 0.5) is 5.69 Å². The van der Waals surface area contributed by atoms with Crippen molar-refractivity contribution < 1.29 is 9.66 Å². The molecule has 2 N–H and O–H groups in total. The van der Waals surface area contributed by atoms with Crippen molar-refractivity contribution in [1.29, 1.82) is 0 Å². The molecular formula is C20H26N4O3. The van der Waals surface area contributed by atoms with E-state index in [2.05, 4.69) is 15.6 Å². The number of ether oxygens (including phenoxy) is 1. The number of para-hydroxylation sites is 1. The quantitative estimate of drug-likeness (QED) is 0.337. The molecule has 2 aromatic rings. The predicted molar refractivity (Wildman–Crippen MR) is 107 cm³/mol. The smallest absolute Gasteiger partial charge is 0.274 e. The van der Waals surface area contributed by atoms with Crippen LogP contribution in [0.25, 0.3) is 0 Å². The molecule has 0 unspecified atom stereocenters. The maximum absolute atomic E-state index is 11.1. The number of aliphatic imine (C=N–C) groups is 1. The average Bonchev–Trinajstić information content (AvgIpc) is 2.63. The lowest BCUT2D eigenvalue weighted by molar-refractivity contribution is -0.385. The number of nitro groups is 1. The number of nitrogens with zero attached hydrogens (tertiary/aromatic N) is 2. The summed E-state index contributed by atoms with van der Waals surface area (Å²) in [5, 5.41) is 17.5. The van der Waals surface area contributed by atoms with E-state index in [1.54, 1.807) is 25.2 Å². The number of hydrogen-bond donors (Lipinski definition) is 2. The van der Waals surface area contributed by atoms with Gasteiger partial charge in [0.2, 0.25) is 0 Å². The molecule has 0 atom stereocenters. The van der Waals surface area contributed by atoms with Gasteiger partial charge in [0.05, 0.1) is 11.0 Å². The van der Waals surface area contributed by atoms with Gasteiger partial charge in [-0.25, -0.2) is 0 Å². The molecule has 0 heterocycles. The maximum Gasteiger partial charge on any atom is 0.274 e. The minimum Gasteiger partial charge on any atom is -0.491 e. The first kappa shape index (κ1) is 20.2. The van der Waals surface area contributed by atoms with E-state index in [-0.39, 0.29) is 16.7 Å². The summed E-state index contributed by atoms with van der Waals surface area (Å²) in [6, 6.07) is 12.7. The third kappa shape index (κ3) is 5.99. The zero-order chi connectivity index (χ0) is 19.8. The molecule has 0 bridgehead atoms. The summed E-state index contributed by atoms with van der Waals surface area (Å²) < 4.78 is 5.89. The highest BCUT2D eigenvalue weighted by Gasteiger charge is 2.13. The average molecular weight is 370 g/mol. The van der Waals surface area contributed by atoms with E-state index < -0.39 is 0 Å². The predicted octanol–water partition coefficient (Wildman–Crippen LogP) is 3.56. The fourth-order valence-electron chi connectivity index (χ4n) is 2.59. The van der Waals surface area contributed by atoms with E-state index >= 15 is 0 Å². The first-order valence-corrected chi connectivity index (χ1v) is 8.83. The second kappa shape index (κ2) is 9.56. The number of hydrogen-bond acceptors (Lipinski definition) is 4. The van der Waals surface area contributed by atoms with Gasteiger partial charge in [0.1, 0.15) is 5.75 Å². The molecule has 0 fully saturated rings. The van der Waals surface area contributed by atoms with Crippen LogP contribution in [-0.2, 0) is 13.1 Å². The van der Waals surface area contributed by atoms with Gasteiger partial charge in [-0.3, -0.25) is 15.1 Å². The van der Waals surface area contributed by atoms with E-state index in [0.29, 0.717) is 24.6 Å². The SMILES string of the molecule is CN=C(NCc1ccc(C)cc1OC(C)C)NCc1ccccc1[N+](=O)[O-]. The summed E-state index contributed by atoms with van der Waals surface area (Å²) in [5.74, 6) is 1.40. The Morgan fingerprint density at radius 1 is 1.15 bits per heavy atom. The van der Waals surface area contributed by atoms with Gasteiger partial charge < -0.3 is 15.4 Å². The molecule has 2 aromatic carbocycles. The number of benzene rings is 2. The van der Waals surface area contributed by atoms with Gasteiger partial charge in [-0.15, -0.1) is 0 Å². The molecule has 0 aromatic heterocycles. The van der Waals surface area contributed by atoms with Crippen LogP contribution >= 0.6 is 0 Å². The molecular weight excluding hydrogens is 344 g/mol. The normalized spacial score (nSPS) is 11.4. The van der Waals surface area contributed by atoms with E-state index in [0.717, 1.165) is 16.9 Å². The minimum atomic E-state index is -0.380. The molecule has 0 radical (unpaired) electrons. The first-order chi connectivity index (χ1) is 12.9. The zero-order valence-corrected chi connectivity index (χ0v) is 16.2. The molecule has 0 aliphatic heterocycles. The highest BCUT2D eigenvalue weighted by Crippen LogP contribution is 2.21. The van der Waals surface area contributed by atoms with Crippen LogP contribution in [0.1, 0.15) is 30.5 Å². The van der Waals surface area contributed by atoms with Crippen molar-refractivity contribution in [2.24, 2.45) is 4.99 Å². The summed E-state index contributed by atoms with van der Waals surface area (Å²) in [4.78, 5) is 14.9. The first-order valence-electron chi connectivity index (χ1n) is 8.83. The maximum atomic E-state index is 11.1. The van der Waals surface area contributed by atoms with Crippen molar-refractivity contribution in [3.05, 3.63) is 69.3 Å². The van der Waals surface area contributed by atoms with Gasteiger partial charge in [-0.05, 0) is 32.4 Å². The zero-order valence-electron chi connectivity index (χ0n) is 16.2. The van der Waals surface area contributed by atoms with Crippen molar-refractivity contribution in [2.75, 3.05) is 7.05 Å². The molecule has 7 nitrogen and oxygen atoms in total. The van der Waals surface area contributed by atoms with Crippen molar-refractivity contribution in [3.63, 3.8) is 0 Å². The second-order valence-electron chi connectivity index (χ2n) is 6.44. The molecule has 7 heteroatoms. The fraction of sp³-hybridized carbons (Fsp3) is 0.350. The number of aryl methyl sites for hydroxylation is 1. The number of nitro benzene ring substituents is 1. The molecule has 0 aliphatic rings. The number of guanidine groups is 1. The Balaban J connectivity index is 2.02. The Bertz CT molecular complexity index is 819. The van der Waals surface area contributed by atoms with Crippen molar-refractivity contribution in [1.82, 2.24) is 10.6 Å². The molecule has 27 heavy (non-hydrogen) atoms. The van der Waals surface area contributed by atoms with Crippen LogP contribution in [0, 0.1) is 17.0 Å². The van der Waals surface area contributed by atoms with E-state index in [9.17, 15) is 10.1 Å². The highest BCUT2D eigenvalue weighted by atomic mass is 16.6. The van der Waals surface area contributed by atoms with Crippen LogP contribution in [0.5, 0.6) is 5.75 Å². The van der Waals surface area contributed by atoms with Gasteiger partial charge in [0.25, 0.3) is 5.69 Å². The molecule has 0 saturated carbocycles. The third-order valence-corrected chi connectivity index (χ3v) is 3.89. The fourth-order valence-corrected chi connectivity index (χ4v) is 2.59. The Hall–Kier alpha value is -3.09. The second-order valence-corrected chi connectivity index (χ2v) is 6.44. The Labute approximate surface area is 159 Å². The summed E-state index contributed by atoms with van der Waals surface area (Å²) in [5.41, 5.74) is 2.84. The van der Waals surface area contributed by atoms with Crippen LogP contribution in [-0.4, -0.2) is 24.0 Å². The lowest BCUT2D eigenvalue weighted by atomic mass is 10.1. The van der Waals surface area contributed by atoms with Crippen molar-refractivity contribution in [3.8, 4) is 5.75 Å². The number of nitrogens with one attached hydrogen (secondary N) is 2. The Morgan fingerprint density at radius 2 is 1.81 bits per heavy atom.